The molecule has 3 N–H and O–H groups in total. The lowest BCUT2D eigenvalue weighted by atomic mass is 9.88. The molecule has 1 atom stereocenters. The summed E-state index contributed by atoms with van der Waals surface area (Å²) in [6, 6.07) is 5.34. The normalized spacial score (nSPS) is 23.6. The molecule has 0 radical (unpaired) electrons. The van der Waals surface area contributed by atoms with Gasteiger partial charge in [0, 0.05) is 6.54 Å². The Labute approximate surface area is 101 Å². The van der Waals surface area contributed by atoms with Gasteiger partial charge in [-0.1, -0.05) is 12.1 Å². The van der Waals surface area contributed by atoms with Crippen molar-refractivity contribution in [3.8, 4) is 5.75 Å². The van der Waals surface area contributed by atoms with Crippen LogP contribution in [0.25, 0.3) is 0 Å². The van der Waals surface area contributed by atoms with Gasteiger partial charge >= 0.3 is 0 Å². The van der Waals surface area contributed by atoms with Crippen molar-refractivity contribution in [2.75, 3.05) is 18.4 Å². The Bertz CT molecular complexity index is 437. The van der Waals surface area contributed by atoms with Crippen LogP contribution in [-0.4, -0.2) is 24.1 Å². The van der Waals surface area contributed by atoms with Crippen molar-refractivity contribution < 1.29 is 9.90 Å². The molecule has 17 heavy (non-hydrogen) atoms. The number of carbonyl (C=O) groups excluding carboxylic acids is 1. The third kappa shape index (κ3) is 2.26. The fourth-order valence-corrected chi connectivity index (χ4v) is 2.04. The minimum atomic E-state index is -0.379. The molecule has 4 nitrogen and oxygen atoms in total. The molecule has 1 heterocycles. The van der Waals surface area contributed by atoms with Crippen LogP contribution in [0.3, 0.4) is 0 Å². The second-order valence-electron chi connectivity index (χ2n) is 4.91. The molecule has 92 valence electrons. The van der Waals surface area contributed by atoms with E-state index in [4.69, 9.17) is 0 Å². The topological polar surface area (TPSA) is 61.4 Å². The molecule has 1 aliphatic heterocycles. The Kier molecular flexibility index (Phi) is 3.07. The number of aromatic hydroxyl groups is 1. The minimum absolute atomic E-state index is 0.0385. The van der Waals surface area contributed by atoms with E-state index in [9.17, 15) is 9.90 Å². The summed E-state index contributed by atoms with van der Waals surface area (Å²) in [5.41, 5.74) is 0.872. The molecule has 4 heteroatoms. The maximum Gasteiger partial charge on any atom is 0.231 e. The van der Waals surface area contributed by atoms with Crippen molar-refractivity contribution in [1.29, 1.82) is 0 Å². The predicted molar refractivity (Wildman–Crippen MR) is 67.1 cm³/mol. The van der Waals surface area contributed by atoms with Gasteiger partial charge in [0.25, 0.3) is 0 Å². The Balaban J connectivity index is 2.16. The van der Waals surface area contributed by atoms with Crippen LogP contribution in [0.2, 0.25) is 0 Å². The zero-order chi connectivity index (χ0) is 12.5. The molecular formula is C13H18N2O2. The number of hydrogen-bond donors (Lipinski definition) is 3. The summed E-state index contributed by atoms with van der Waals surface area (Å²) < 4.78 is 0. The summed E-state index contributed by atoms with van der Waals surface area (Å²) in [4.78, 5) is 12.1. The van der Waals surface area contributed by atoms with Gasteiger partial charge in [-0.2, -0.15) is 0 Å². The molecule has 0 spiro atoms. The van der Waals surface area contributed by atoms with E-state index < -0.39 is 0 Å². The highest BCUT2D eigenvalue weighted by Gasteiger charge is 2.36. The highest BCUT2D eigenvalue weighted by atomic mass is 16.3. The number of amides is 1. The average molecular weight is 234 g/mol. The molecule has 0 bridgehead atoms. The van der Waals surface area contributed by atoms with Crippen LogP contribution in [-0.2, 0) is 4.79 Å². The van der Waals surface area contributed by atoms with E-state index in [0.717, 1.165) is 18.5 Å². The van der Waals surface area contributed by atoms with Gasteiger partial charge in [0.15, 0.2) is 0 Å². The third-order valence-corrected chi connectivity index (χ3v) is 3.40. The molecular weight excluding hydrogens is 216 g/mol. The van der Waals surface area contributed by atoms with Crippen LogP contribution >= 0.6 is 0 Å². The Morgan fingerprint density at radius 1 is 1.53 bits per heavy atom. The standard InChI is InChI=1S/C13H18N2O2/c1-9-4-3-5-10(11(9)16)15-12(17)13(2)6-7-14-8-13/h3-5,14,16H,6-8H2,1-2H3,(H,15,17). The van der Waals surface area contributed by atoms with Crippen molar-refractivity contribution in [3.05, 3.63) is 23.8 Å². The Hall–Kier alpha value is -1.55. The van der Waals surface area contributed by atoms with E-state index in [1.807, 2.05) is 26.0 Å². The van der Waals surface area contributed by atoms with Crippen molar-refractivity contribution >= 4 is 11.6 Å². The molecule has 1 saturated heterocycles. The first-order valence-corrected chi connectivity index (χ1v) is 5.84. The fourth-order valence-electron chi connectivity index (χ4n) is 2.04. The molecule has 1 aliphatic rings. The molecule has 1 aromatic rings. The van der Waals surface area contributed by atoms with E-state index in [0.29, 0.717) is 12.2 Å². The highest BCUT2D eigenvalue weighted by molar-refractivity contribution is 5.96. The van der Waals surface area contributed by atoms with Crippen molar-refractivity contribution in [2.24, 2.45) is 5.41 Å². The van der Waals surface area contributed by atoms with Gasteiger partial charge in [-0.3, -0.25) is 4.79 Å². The van der Waals surface area contributed by atoms with Crippen molar-refractivity contribution in [2.45, 2.75) is 20.3 Å². The Morgan fingerprint density at radius 2 is 2.29 bits per heavy atom. The number of nitrogens with one attached hydrogen (secondary N) is 2. The summed E-state index contributed by atoms with van der Waals surface area (Å²) in [5, 5.41) is 15.8. The van der Waals surface area contributed by atoms with E-state index in [-0.39, 0.29) is 17.1 Å². The number of hydrogen-bond acceptors (Lipinski definition) is 3. The molecule has 2 rings (SSSR count). The Morgan fingerprint density at radius 3 is 2.94 bits per heavy atom. The number of benzene rings is 1. The number of anilines is 1. The summed E-state index contributed by atoms with van der Waals surface area (Å²) in [5.74, 6) is 0.110. The summed E-state index contributed by atoms with van der Waals surface area (Å²) in [7, 11) is 0. The largest absolute Gasteiger partial charge is 0.505 e. The van der Waals surface area contributed by atoms with E-state index >= 15 is 0 Å². The molecule has 1 fully saturated rings. The predicted octanol–water partition coefficient (Wildman–Crippen LogP) is 1.64. The molecule has 0 aromatic heterocycles. The number of phenolic OH excluding ortho intramolecular Hbond substituents is 1. The maximum absolute atomic E-state index is 12.1. The molecule has 0 aliphatic carbocycles. The zero-order valence-corrected chi connectivity index (χ0v) is 10.2. The number of carbonyl (C=O) groups is 1. The molecule has 0 saturated carbocycles. The van der Waals surface area contributed by atoms with Crippen LogP contribution in [0.1, 0.15) is 18.9 Å². The van der Waals surface area contributed by atoms with Crippen LogP contribution in [0.15, 0.2) is 18.2 Å². The SMILES string of the molecule is Cc1cccc(NC(=O)C2(C)CCNC2)c1O. The number of rotatable bonds is 2. The van der Waals surface area contributed by atoms with Crippen molar-refractivity contribution in [1.82, 2.24) is 5.32 Å². The summed E-state index contributed by atoms with van der Waals surface area (Å²) >= 11 is 0. The monoisotopic (exact) mass is 234 g/mol. The van der Waals surface area contributed by atoms with E-state index in [2.05, 4.69) is 10.6 Å². The zero-order valence-electron chi connectivity index (χ0n) is 10.2. The van der Waals surface area contributed by atoms with Crippen LogP contribution in [0.4, 0.5) is 5.69 Å². The van der Waals surface area contributed by atoms with E-state index in [1.165, 1.54) is 0 Å². The number of phenols is 1. The fraction of sp³-hybridized carbons (Fsp3) is 0.462. The first kappa shape index (κ1) is 11.9. The van der Waals surface area contributed by atoms with E-state index in [1.54, 1.807) is 6.07 Å². The lowest BCUT2D eigenvalue weighted by Crippen LogP contribution is -2.35. The summed E-state index contributed by atoms with van der Waals surface area (Å²) in [6.45, 7) is 5.30. The first-order valence-electron chi connectivity index (χ1n) is 5.84. The van der Waals surface area contributed by atoms with Gasteiger partial charge in [0.1, 0.15) is 5.75 Å². The van der Waals surface area contributed by atoms with Crippen molar-refractivity contribution in [3.63, 3.8) is 0 Å². The maximum atomic E-state index is 12.1. The quantitative estimate of drug-likeness (QED) is 0.682. The van der Waals surface area contributed by atoms with Crippen LogP contribution < -0.4 is 10.6 Å². The molecule has 1 unspecified atom stereocenters. The summed E-state index contributed by atoms with van der Waals surface area (Å²) in [6.07, 6.45) is 0.825. The highest BCUT2D eigenvalue weighted by Crippen LogP contribution is 2.30. The number of para-hydroxylation sites is 1. The average Bonchev–Trinajstić information content (AvgIpc) is 2.73. The van der Waals surface area contributed by atoms with Gasteiger partial charge < -0.3 is 15.7 Å². The second-order valence-corrected chi connectivity index (χ2v) is 4.91. The first-order chi connectivity index (χ1) is 8.03. The van der Waals surface area contributed by atoms with Gasteiger partial charge in [-0.25, -0.2) is 0 Å². The van der Waals surface area contributed by atoms with Gasteiger partial charge in [0.2, 0.25) is 5.91 Å². The molecule has 1 amide bonds. The lowest BCUT2D eigenvalue weighted by molar-refractivity contribution is -0.123. The molecule has 1 aromatic carbocycles. The third-order valence-electron chi connectivity index (χ3n) is 3.40. The van der Waals surface area contributed by atoms with Crippen LogP contribution in [0.5, 0.6) is 5.75 Å². The van der Waals surface area contributed by atoms with Crippen LogP contribution in [0, 0.1) is 12.3 Å². The second kappa shape index (κ2) is 4.37. The smallest absolute Gasteiger partial charge is 0.231 e. The number of aryl methyl sites for hydroxylation is 1. The lowest BCUT2D eigenvalue weighted by Gasteiger charge is -2.22. The minimum Gasteiger partial charge on any atom is -0.505 e. The van der Waals surface area contributed by atoms with Gasteiger partial charge in [0.05, 0.1) is 11.1 Å². The van der Waals surface area contributed by atoms with Gasteiger partial charge in [-0.15, -0.1) is 0 Å². The van der Waals surface area contributed by atoms with Gasteiger partial charge in [-0.05, 0) is 38.4 Å².